The van der Waals surface area contributed by atoms with E-state index in [0.717, 1.165) is 23.7 Å². The highest BCUT2D eigenvalue weighted by Crippen LogP contribution is 2.68. The molecular formula is C27H48N2OSi2. The van der Waals surface area contributed by atoms with Gasteiger partial charge in [-0.3, -0.25) is 0 Å². The summed E-state index contributed by atoms with van der Waals surface area (Å²) in [4.78, 5) is 0. The Bertz CT molecular complexity index is 898. The number of hydrogen-bond acceptors (Lipinski definition) is 2. The third kappa shape index (κ3) is 3.38. The van der Waals surface area contributed by atoms with Crippen LogP contribution in [-0.4, -0.2) is 31.6 Å². The molecule has 0 aromatic carbocycles. The van der Waals surface area contributed by atoms with Crippen molar-refractivity contribution in [1.29, 1.82) is 0 Å². The standard InChI is InChI=1S/C27H48N2OSi2/c1-25-17-19-18-29(31(4,5)6)28-24(19)16-20(25)10-11-21-22(25)12-14-26(2)23(21)13-15-27(26,3)30-32(7,8)9/h18,20-23H,10-17H2,1-9H3. The molecule has 0 radical (unpaired) electrons. The number of fused-ring (bicyclic) bond motifs is 6. The minimum Gasteiger partial charge on any atom is -0.412 e. The molecule has 4 aliphatic carbocycles. The minimum absolute atomic E-state index is 0.0864. The number of nitrogens with zero attached hydrogens (tertiary/aromatic N) is 2. The van der Waals surface area contributed by atoms with E-state index in [1.54, 1.807) is 5.56 Å². The maximum Gasteiger partial charge on any atom is 0.184 e. The number of rotatable bonds is 3. The largest absolute Gasteiger partial charge is 0.412 e. The van der Waals surface area contributed by atoms with Crippen molar-refractivity contribution < 1.29 is 4.43 Å². The molecule has 0 aliphatic heterocycles. The first kappa shape index (κ1) is 23.4. The Balaban J connectivity index is 1.44. The molecule has 0 N–H and O–H groups in total. The molecule has 4 aliphatic rings. The highest BCUT2D eigenvalue weighted by atomic mass is 28.4. The lowest BCUT2D eigenvalue weighted by Gasteiger charge is -2.61. The summed E-state index contributed by atoms with van der Waals surface area (Å²) in [7, 11) is -2.99. The van der Waals surface area contributed by atoms with E-state index in [0.29, 0.717) is 10.8 Å². The molecule has 0 saturated heterocycles. The van der Waals surface area contributed by atoms with Crippen LogP contribution >= 0.6 is 0 Å². The fourth-order valence-electron chi connectivity index (χ4n) is 8.97. The summed E-state index contributed by atoms with van der Waals surface area (Å²) in [5.74, 6) is 3.47. The first-order valence-corrected chi connectivity index (χ1v) is 20.3. The SMILES string of the molecule is CC12Cc3cn([Si](C)(C)C)nc3CC1CCC1C2CCC2(C)C1CCC2(C)O[Si](C)(C)C. The van der Waals surface area contributed by atoms with E-state index in [1.165, 1.54) is 57.1 Å². The van der Waals surface area contributed by atoms with E-state index >= 15 is 0 Å². The molecule has 7 unspecified atom stereocenters. The van der Waals surface area contributed by atoms with Crippen molar-refractivity contribution in [3.8, 4) is 0 Å². The van der Waals surface area contributed by atoms with Crippen molar-refractivity contribution in [2.75, 3.05) is 0 Å². The zero-order chi connectivity index (χ0) is 23.3. The molecular weight excluding hydrogens is 424 g/mol. The molecule has 0 spiro atoms. The van der Waals surface area contributed by atoms with Crippen LogP contribution in [0.1, 0.15) is 70.6 Å². The third-order valence-corrected chi connectivity index (χ3v) is 13.4. The van der Waals surface area contributed by atoms with Gasteiger partial charge in [0.1, 0.15) is 0 Å². The fourth-order valence-corrected chi connectivity index (χ4v) is 11.6. The summed E-state index contributed by atoms with van der Waals surface area (Å²) in [5.41, 5.74) is 3.93. The molecule has 32 heavy (non-hydrogen) atoms. The zero-order valence-electron chi connectivity index (χ0n) is 22.3. The van der Waals surface area contributed by atoms with Gasteiger partial charge in [-0.25, -0.2) is 0 Å². The van der Waals surface area contributed by atoms with Crippen LogP contribution in [0, 0.1) is 34.5 Å². The summed E-state index contributed by atoms with van der Waals surface area (Å²) >= 11 is 0. The maximum atomic E-state index is 6.98. The Kier molecular flexibility index (Phi) is 5.16. The lowest BCUT2D eigenvalue weighted by Crippen LogP contribution is -2.58. The topological polar surface area (TPSA) is 27.1 Å². The summed E-state index contributed by atoms with van der Waals surface area (Å²) in [6, 6.07) is 0. The molecule has 180 valence electrons. The molecule has 5 heteroatoms. The summed E-state index contributed by atoms with van der Waals surface area (Å²) in [6.07, 6.45) is 13.2. The van der Waals surface area contributed by atoms with Gasteiger partial charge in [0.05, 0.1) is 11.3 Å². The Labute approximate surface area is 199 Å². The van der Waals surface area contributed by atoms with Gasteiger partial charge >= 0.3 is 0 Å². The Morgan fingerprint density at radius 3 is 2.28 bits per heavy atom. The summed E-state index contributed by atoms with van der Waals surface area (Å²) < 4.78 is 9.36. The van der Waals surface area contributed by atoms with Gasteiger partial charge in [-0.1, -0.05) is 13.8 Å². The molecule has 0 bridgehead atoms. The van der Waals surface area contributed by atoms with Crippen molar-refractivity contribution in [2.45, 2.75) is 117 Å². The van der Waals surface area contributed by atoms with Gasteiger partial charge in [0, 0.05) is 6.20 Å². The normalized spacial score (nSPS) is 43.9. The van der Waals surface area contributed by atoms with Crippen molar-refractivity contribution in [2.24, 2.45) is 34.5 Å². The van der Waals surface area contributed by atoms with Crippen LogP contribution in [-0.2, 0) is 17.3 Å². The fraction of sp³-hybridized carbons (Fsp3) is 0.889. The van der Waals surface area contributed by atoms with Crippen molar-refractivity contribution in [1.82, 2.24) is 9.45 Å². The third-order valence-electron chi connectivity index (χ3n) is 10.7. The van der Waals surface area contributed by atoms with Crippen molar-refractivity contribution in [3.05, 3.63) is 17.5 Å². The van der Waals surface area contributed by atoms with E-state index in [4.69, 9.17) is 9.52 Å². The van der Waals surface area contributed by atoms with Crippen molar-refractivity contribution >= 4 is 16.6 Å². The number of hydrogen-bond donors (Lipinski definition) is 0. The molecule has 1 aromatic rings. The quantitative estimate of drug-likeness (QED) is 0.437. The Hall–Kier alpha value is -0.396. The second-order valence-corrected chi connectivity index (χ2v) is 23.9. The van der Waals surface area contributed by atoms with Gasteiger partial charge < -0.3 is 8.77 Å². The van der Waals surface area contributed by atoms with Crippen LogP contribution in [0.3, 0.4) is 0 Å². The first-order valence-electron chi connectivity index (χ1n) is 13.4. The lowest BCUT2D eigenvalue weighted by atomic mass is 9.44. The average Bonchev–Trinajstić information content (AvgIpc) is 3.16. The lowest BCUT2D eigenvalue weighted by molar-refractivity contribution is -0.133. The van der Waals surface area contributed by atoms with E-state index in [2.05, 4.69) is 70.6 Å². The van der Waals surface area contributed by atoms with Crippen LogP contribution < -0.4 is 0 Å². The van der Waals surface area contributed by atoms with Crippen LogP contribution in [0.15, 0.2) is 6.20 Å². The van der Waals surface area contributed by atoms with E-state index in [9.17, 15) is 0 Å². The van der Waals surface area contributed by atoms with Crippen LogP contribution in [0.2, 0.25) is 39.3 Å². The summed E-state index contributed by atoms with van der Waals surface area (Å²) in [6.45, 7) is 22.2. The van der Waals surface area contributed by atoms with Gasteiger partial charge in [-0.15, -0.1) is 0 Å². The number of aromatic nitrogens is 2. The van der Waals surface area contributed by atoms with Crippen LogP contribution in [0.4, 0.5) is 0 Å². The van der Waals surface area contributed by atoms with Gasteiger partial charge in [-0.2, -0.15) is 5.10 Å². The molecule has 5 rings (SSSR count). The second kappa shape index (κ2) is 7.07. The highest BCUT2D eigenvalue weighted by molar-refractivity contribution is 6.74. The predicted molar refractivity (Wildman–Crippen MR) is 139 cm³/mol. The molecule has 1 aromatic heterocycles. The Morgan fingerprint density at radius 1 is 0.938 bits per heavy atom. The molecule has 7 atom stereocenters. The molecule has 0 amide bonds. The summed E-state index contributed by atoms with van der Waals surface area (Å²) in [5, 5.41) is 5.13. The Morgan fingerprint density at radius 2 is 1.62 bits per heavy atom. The van der Waals surface area contributed by atoms with Gasteiger partial charge in [0.25, 0.3) is 0 Å². The monoisotopic (exact) mass is 472 g/mol. The average molecular weight is 473 g/mol. The van der Waals surface area contributed by atoms with E-state index in [-0.39, 0.29) is 5.60 Å². The predicted octanol–water partition coefficient (Wildman–Crippen LogP) is 7.13. The molecule has 3 fully saturated rings. The molecule has 1 heterocycles. The maximum absolute atomic E-state index is 6.98. The van der Waals surface area contributed by atoms with E-state index in [1.807, 2.05) is 0 Å². The second-order valence-electron chi connectivity index (χ2n) is 14.7. The van der Waals surface area contributed by atoms with Crippen LogP contribution in [0.5, 0.6) is 0 Å². The minimum atomic E-state index is -1.56. The highest BCUT2D eigenvalue weighted by Gasteiger charge is 2.64. The smallest absolute Gasteiger partial charge is 0.184 e. The zero-order valence-corrected chi connectivity index (χ0v) is 24.3. The van der Waals surface area contributed by atoms with Gasteiger partial charge in [-0.05, 0) is 138 Å². The van der Waals surface area contributed by atoms with Crippen LogP contribution in [0.25, 0.3) is 0 Å². The molecule has 3 saturated carbocycles. The first-order chi connectivity index (χ1) is 14.7. The van der Waals surface area contributed by atoms with Gasteiger partial charge in [0.15, 0.2) is 16.6 Å². The van der Waals surface area contributed by atoms with Crippen molar-refractivity contribution in [3.63, 3.8) is 0 Å². The van der Waals surface area contributed by atoms with Gasteiger partial charge in [0.2, 0.25) is 0 Å². The molecule has 3 nitrogen and oxygen atoms in total. The van der Waals surface area contributed by atoms with E-state index < -0.39 is 16.6 Å².